The average Bonchev–Trinajstić information content (AvgIpc) is 2.69. The highest BCUT2D eigenvalue weighted by Crippen LogP contribution is 2.22. The van der Waals surface area contributed by atoms with Gasteiger partial charge in [-0.25, -0.2) is 8.78 Å². The average molecular weight is 376 g/mol. The summed E-state index contributed by atoms with van der Waals surface area (Å²) in [5, 5.41) is 0. The molecule has 3 aromatic rings. The zero-order valence-corrected chi connectivity index (χ0v) is 16.5. The van der Waals surface area contributed by atoms with Gasteiger partial charge in [-0.1, -0.05) is 80.9 Å². The summed E-state index contributed by atoms with van der Waals surface area (Å²) in [4.78, 5) is 0. The van der Waals surface area contributed by atoms with Crippen LogP contribution in [0.2, 0.25) is 0 Å². The van der Waals surface area contributed by atoms with E-state index >= 15 is 0 Å². The minimum Gasteiger partial charge on any atom is -0.206 e. The zero-order chi connectivity index (χ0) is 19.9. The van der Waals surface area contributed by atoms with E-state index in [-0.39, 0.29) is 5.56 Å². The zero-order valence-electron chi connectivity index (χ0n) is 16.5. The van der Waals surface area contributed by atoms with Gasteiger partial charge in [-0.05, 0) is 59.2 Å². The molecule has 0 aliphatic rings. The van der Waals surface area contributed by atoms with E-state index < -0.39 is 11.6 Å². The molecule has 0 aliphatic carbocycles. The first-order valence-electron chi connectivity index (χ1n) is 9.86. The Bertz CT molecular complexity index is 901. The molecule has 1 atom stereocenters. The number of benzene rings is 3. The summed E-state index contributed by atoms with van der Waals surface area (Å²) < 4.78 is 28.4. The standard InChI is InChI=1S/C26H26F2/c1-3-7-22-17-25(27)24(26(28)18-22)15-14-20-10-12-21(13-11-20)16-19(2)23-8-5-4-6-9-23/h4-6,8-15,17-19H,3,7,16H2,1-2H3/t19-/m0/s1. The van der Waals surface area contributed by atoms with Gasteiger partial charge < -0.3 is 0 Å². The van der Waals surface area contributed by atoms with E-state index in [0.29, 0.717) is 17.9 Å². The molecule has 0 saturated carbocycles. The molecule has 0 saturated heterocycles. The van der Waals surface area contributed by atoms with E-state index in [0.717, 1.165) is 18.4 Å². The summed E-state index contributed by atoms with van der Waals surface area (Å²) in [5.74, 6) is -0.576. The Hall–Kier alpha value is -2.74. The second kappa shape index (κ2) is 9.45. The number of aryl methyl sites for hydroxylation is 1. The van der Waals surface area contributed by atoms with Crippen molar-refractivity contribution in [2.75, 3.05) is 0 Å². The van der Waals surface area contributed by atoms with Crippen molar-refractivity contribution < 1.29 is 8.78 Å². The van der Waals surface area contributed by atoms with Gasteiger partial charge in [0.15, 0.2) is 0 Å². The van der Waals surface area contributed by atoms with Crippen LogP contribution >= 0.6 is 0 Å². The second-order valence-corrected chi connectivity index (χ2v) is 7.31. The maximum atomic E-state index is 14.2. The van der Waals surface area contributed by atoms with Crippen LogP contribution < -0.4 is 0 Å². The smallest absolute Gasteiger partial charge is 0.133 e. The number of hydrogen-bond donors (Lipinski definition) is 0. The Labute approximate surface area is 166 Å². The van der Waals surface area contributed by atoms with Gasteiger partial charge in [0.2, 0.25) is 0 Å². The van der Waals surface area contributed by atoms with Crippen LogP contribution in [0.25, 0.3) is 12.2 Å². The normalized spacial score (nSPS) is 12.4. The first-order valence-corrected chi connectivity index (χ1v) is 9.86. The lowest BCUT2D eigenvalue weighted by molar-refractivity contribution is 0.574. The van der Waals surface area contributed by atoms with Crippen LogP contribution in [0.3, 0.4) is 0 Å². The molecule has 0 radical (unpaired) electrons. The third-order valence-corrected chi connectivity index (χ3v) is 5.01. The molecule has 28 heavy (non-hydrogen) atoms. The van der Waals surface area contributed by atoms with Gasteiger partial charge in [0.1, 0.15) is 11.6 Å². The van der Waals surface area contributed by atoms with Crippen molar-refractivity contribution in [1.29, 1.82) is 0 Å². The molecular formula is C26H26F2. The molecular weight excluding hydrogens is 350 g/mol. The number of rotatable bonds is 7. The maximum Gasteiger partial charge on any atom is 0.133 e. The van der Waals surface area contributed by atoms with E-state index in [1.54, 1.807) is 6.08 Å². The molecule has 0 aliphatic heterocycles. The molecule has 0 spiro atoms. The Balaban J connectivity index is 1.69. The van der Waals surface area contributed by atoms with Crippen LogP contribution in [-0.2, 0) is 12.8 Å². The van der Waals surface area contributed by atoms with Crippen molar-refractivity contribution in [2.24, 2.45) is 0 Å². The molecule has 0 amide bonds. The molecule has 0 fully saturated rings. The fourth-order valence-corrected chi connectivity index (χ4v) is 3.43. The van der Waals surface area contributed by atoms with Crippen molar-refractivity contribution >= 4 is 12.2 Å². The number of halogens is 2. The molecule has 144 valence electrons. The predicted octanol–water partition coefficient (Wildman–Crippen LogP) is 7.43. The van der Waals surface area contributed by atoms with Gasteiger partial charge in [0, 0.05) is 5.56 Å². The second-order valence-electron chi connectivity index (χ2n) is 7.31. The Morgan fingerprint density at radius 2 is 1.46 bits per heavy atom. The molecule has 0 bridgehead atoms. The Kier molecular flexibility index (Phi) is 6.76. The molecule has 3 rings (SSSR count). The molecule has 0 N–H and O–H groups in total. The van der Waals surface area contributed by atoms with E-state index in [9.17, 15) is 8.78 Å². The minimum atomic E-state index is -0.506. The SMILES string of the molecule is CCCc1cc(F)c(C=Cc2ccc(C[C@H](C)c3ccccc3)cc2)c(F)c1. The van der Waals surface area contributed by atoms with Crippen molar-refractivity contribution in [2.45, 2.75) is 39.0 Å². The van der Waals surface area contributed by atoms with Gasteiger partial charge in [-0.15, -0.1) is 0 Å². The quantitative estimate of drug-likeness (QED) is 0.376. The van der Waals surface area contributed by atoms with Crippen LogP contribution in [0.15, 0.2) is 66.7 Å². The summed E-state index contributed by atoms with van der Waals surface area (Å²) in [6.45, 7) is 4.21. The van der Waals surface area contributed by atoms with Crippen LogP contribution in [0.5, 0.6) is 0 Å². The van der Waals surface area contributed by atoms with E-state index in [4.69, 9.17) is 0 Å². The fourth-order valence-electron chi connectivity index (χ4n) is 3.43. The van der Waals surface area contributed by atoms with Crippen molar-refractivity contribution in [3.8, 4) is 0 Å². The summed E-state index contributed by atoms with van der Waals surface area (Å²) in [6, 6.07) is 21.5. The van der Waals surface area contributed by atoms with E-state index in [1.807, 2.05) is 25.1 Å². The van der Waals surface area contributed by atoms with E-state index in [2.05, 4.69) is 43.3 Å². The van der Waals surface area contributed by atoms with Crippen LogP contribution in [0, 0.1) is 11.6 Å². The van der Waals surface area contributed by atoms with Gasteiger partial charge in [-0.3, -0.25) is 0 Å². The van der Waals surface area contributed by atoms with Crippen LogP contribution in [0.1, 0.15) is 54.0 Å². The third kappa shape index (κ3) is 5.16. The van der Waals surface area contributed by atoms with E-state index in [1.165, 1.54) is 29.3 Å². The molecule has 0 aromatic heterocycles. The molecule has 0 unspecified atom stereocenters. The van der Waals surface area contributed by atoms with Crippen LogP contribution in [0.4, 0.5) is 8.78 Å². The van der Waals surface area contributed by atoms with Crippen molar-refractivity contribution in [1.82, 2.24) is 0 Å². The Morgan fingerprint density at radius 1 is 0.821 bits per heavy atom. The lowest BCUT2D eigenvalue weighted by Crippen LogP contribution is -1.98. The topological polar surface area (TPSA) is 0 Å². The fraction of sp³-hybridized carbons (Fsp3) is 0.231. The largest absolute Gasteiger partial charge is 0.206 e. The monoisotopic (exact) mass is 376 g/mol. The van der Waals surface area contributed by atoms with Crippen molar-refractivity contribution in [3.63, 3.8) is 0 Å². The highest BCUT2D eigenvalue weighted by Gasteiger charge is 2.09. The van der Waals surface area contributed by atoms with Gasteiger partial charge in [-0.2, -0.15) is 0 Å². The van der Waals surface area contributed by atoms with Gasteiger partial charge in [0.05, 0.1) is 0 Å². The third-order valence-electron chi connectivity index (χ3n) is 5.01. The molecule has 3 aromatic carbocycles. The highest BCUT2D eigenvalue weighted by molar-refractivity contribution is 5.70. The summed E-state index contributed by atoms with van der Waals surface area (Å²) in [5.41, 5.74) is 4.21. The predicted molar refractivity (Wildman–Crippen MR) is 114 cm³/mol. The van der Waals surface area contributed by atoms with Crippen molar-refractivity contribution in [3.05, 3.63) is 106 Å². The summed E-state index contributed by atoms with van der Waals surface area (Å²) in [6.07, 6.45) is 5.77. The summed E-state index contributed by atoms with van der Waals surface area (Å²) >= 11 is 0. The summed E-state index contributed by atoms with van der Waals surface area (Å²) in [7, 11) is 0. The highest BCUT2D eigenvalue weighted by atomic mass is 19.1. The Morgan fingerprint density at radius 3 is 2.07 bits per heavy atom. The number of hydrogen-bond acceptors (Lipinski definition) is 0. The molecule has 2 heteroatoms. The lowest BCUT2D eigenvalue weighted by Gasteiger charge is -2.12. The van der Waals surface area contributed by atoms with Gasteiger partial charge >= 0.3 is 0 Å². The first kappa shape index (κ1) is 20.0. The maximum absolute atomic E-state index is 14.2. The molecule has 0 heterocycles. The van der Waals surface area contributed by atoms with Crippen LogP contribution in [-0.4, -0.2) is 0 Å². The lowest BCUT2D eigenvalue weighted by atomic mass is 9.93. The minimum absolute atomic E-state index is 0.0154. The first-order chi connectivity index (χ1) is 13.6. The molecule has 0 nitrogen and oxygen atoms in total. The van der Waals surface area contributed by atoms with Gasteiger partial charge in [0.25, 0.3) is 0 Å².